The molecule has 0 aliphatic carbocycles. The van der Waals surface area contributed by atoms with Crippen molar-refractivity contribution in [3.63, 3.8) is 0 Å². The van der Waals surface area contributed by atoms with Crippen LogP contribution in [0.4, 0.5) is 5.69 Å². The summed E-state index contributed by atoms with van der Waals surface area (Å²) in [5.74, 6) is 2.61. The number of ether oxygens (including phenoxy) is 1. The van der Waals surface area contributed by atoms with Crippen LogP contribution in [0.1, 0.15) is 12.0 Å². The highest BCUT2D eigenvalue weighted by Gasteiger charge is 2.26. The van der Waals surface area contributed by atoms with Crippen LogP contribution in [-0.2, 0) is 6.54 Å². The largest absolute Gasteiger partial charge is 0.495 e. The molecule has 2 aromatic carbocycles. The van der Waals surface area contributed by atoms with E-state index in [1.165, 1.54) is 17.7 Å². The topological polar surface area (TPSA) is 43.3 Å². The molecule has 2 heterocycles. The third kappa shape index (κ3) is 6.28. The van der Waals surface area contributed by atoms with E-state index in [1.807, 2.05) is 19.2 Å². The van der Waals surface area contributed by atoms with Crippen LogP contribution in [0.3, 0.4) is 0 Å². The summed E-state index contributed by atoms with van der Waals surface area (Å²) in [4.78, 5) is 11.9. The predicted octanol–water partition coefficient (Wildman–Crippen LogP) is 3.53. The van der Waals surface area contributed by atoms with Crippen LogP contribution in [0.5, 0.6) is 5.75 Å². The first-order valence-corrected chi connectivity index (χ1v) is 11.4. The number of piperazine rings is 1. The Bertz CT molecular complexity index is 854. The Hall–Kier alpha value is -2.00. The highest BCUT2D eigenvalue weighted by Crippen LogP contribution is 2.31. The average molecular weight is 550 g/mol. The quantitative estimate of drug-likeness (QED) is 0.340. The van der Waals surface area contributed by atoms with Crippen LogP contribution in [-0.4, -0.2) is 75.7 Å². The Morgan fingerprint density at radius 1 is 1.00 bits per heavy atom. The molecule has 1 N–H and O–H groups in total. The molecular formula is C25H36IN5O. The summed E-state index contributed by atoms with van der Waals surface area (Å²) in [6.07, 6.45) is 1.19. The number of methoxy groups -OCH3 is 1. The standard InChI is InChI=1S/C25H35N5O.HI/c1-26-25(29-16-14-28(15-17-29)19-21-8-4-3-5-9-21)27-18-22-12-13-30(20-22)23-10-6-7-11-24(23)31-2;/h3-11,22H,12-20H2,1-2H3,(H,26,27);1H. The molecule has 174 valence electrons. The van der Waals surface area contributed by atoms with Crippen LogP contribution >= 0.6 is 24.0 Å². The number of halogens is 1. The van der Waals surface area contributed by atoms with Crippen LogP contribution in [0.2, 0.25) is 0 Å². The molecular weight excluding hydrogens is 513 g/mol. The van der Waals surface area contributed by atoms with Crippen LogP contribution in [0.25, 0.3) is 0 Å². The highest BCUT2D eigenvalue weighted by molar-refractivity contribution is 14.0. The van der Waals surface area contributed by atoms with Gasteiger partial charge in [-0.1, -0.05) is 42.5 Å². The average Bonchev–Trinajstić information content (AvgIpc) is 3.30. The van der Waals surface area contributed by atoms with Gasteiger partial charge in [-0.25, -0.2) is 0 Å². The van der Waals surface area contributed by atoms with Crippen LogP contribution in [0, 0.1) is 5.92 Å². The summed E-state index contributed by atoms with van der Waals surface area (Å²) in [5.41, 5.74) is 2.59. The second kappa shape index (κ2) is 12.3. The number of nitrogens with zero attached hydrogens (tertiary/aromatic N) is 4. The minimum absolute atomic E-state index is 0. The molecule has 0 radical (unpaired) electrons. The van der Waals surface area contributed by atoms with Crippen molar-refractivity contribution >= 4 is 35.6 Å². The fourth-order valence-electron chi connectivity index (χ4n) is 4.64. The van der Waals surface area contributed by atoms with E-state index in [1.54, 1.807) is 7.11 Å². The number of guanidine groups is 1. The third-order valence-corrected chi connectivity index (χ3v) is 6.39. The van der Waals surface area contributed by atoms with Gasteiger partial charge >= 0.3 is 0 Å². The smallest absolute Gasteiger partial charge is 0.193 e. The minimum atomic E-state index is 0. The maximum Gasteiger partial charge on any atom is 0.193 e. The SMILES string of the molecule is CN=C(NCC1CCN(c2ccccc2OC)C1)N1CCN(Cc2ccccc2)CC1.I. The lowest BCUT2D eigenvalue weighted by molar-refractivity contribution is 0.172. The molecule has 0 aromatic heterocycles. The van der Waals surface area contributed by atoms with Gasteiger partial charge in [-0.3, -0.25) is 9.89 Å². The number of para-hydroxylation sites is 2. The van der Waals surface area contributed by atoms with Crippen molar-refractivity contribution in [3.8, 4) is 5.75 Å². The van der Waals surface area contributed by atoms with Gasteiger partial charge in [0.25, 0.3) is 0 Å². The van der Waals surface area contributed by atoms with Gasteiger partial charge in [0.1, 0.15) is 5.75 Å². The second-order valence-corrected chi connectivity index (χ2v) is 8.45. The van der Waals surface area contributed by atoms with Gasteiger partial charge in [0.15, 0.2) is 5.96 Å². The summed E-state index contributed by atoms with van der Waals surface area (Å²) in [7, 11) is 3.64. The number of aliphatic imine (C=N–C) groups is 1. The van der Waals surface area contributed by atoms with E-state index in [4.69, 9.17) is 4.74 Å². The second-order valence-electron chi connectivity index (χ2n) is 8.45. The fraction of sp³-hybridized carbons (Fsp3) is 0.480. The number of hydrogen-bond donors (Lipinski definition) is 1. The maximum atomic E-state index is 5.55. The molecule has 0 spiro atoms. The van der Waals surface area contributed by atoms with Gasteiger partial charge in [0, 0.05) is 59.4 Å². The van der Waals surface area contributed by atoms with Gasteiger partial charge in [-0.05, 0) is 30.0 Å². The van der Waals surface area contributed by atoms with Crippen molar-refractivity contribution in [3.05, 3.63) is 60.2 Å². The lowest BCUT2D eigenvalue weighted by Gasteiger charge is -2.36. The normalized spacial score (nSPS) is 19.6. The predicted molar refractivity (Wildman–Crippen MR) is 143 cm³/mol. The Balaban J connectivity index is 0.00000289. The molecule has 0 bridgehead atoms. The zero-order chi connectivity index (χ0) is 21.5. The van der Waals surface area contributed by atoms with Gasteiger partial charge in [-0.2, -0.15) is 0 Å². The van der Waals surface area contributed by atoms with Crippen molar-refractivity contribution in [1.29, 1.82) is 0 Å². The first kappa shape index (κ1) is 24.6. The molecule has 2 fully saturated rings. The molecule has 2 aliphatic rings. The van der Waals surface area contributed by atoms with Crippen LogP contribution in [0.15, 0.2) is 59.6 Å². The van der Waals surface area contributed by atoms with E-state index in [0.717, 1.165) is 64.1 Å². The van der Waals surface area contributed by atoms with Crippen molar-refractivity contribution in [2.45, 2.75) is 13.0 Å². The van der Waals surface area contributed by atoms with Crippen molar-refractivity contribution in [2.75, 3.05) is 64.9 Å². The maximum absolute atomic E-state index is 5.55. The molecule has 1 atom stereocenters. The summed E-state index contributed by atoms with van der Waals surface area (Å²) >= 11 is 0. The number of anilines is 1. The zero-order valence-electron chi connectivity index (χ0n) is 19.2. The highest BCUT2D eigenvalue weighted by atomic mass is 127. The minimum Gasteiger partial charge on any atom is -0.495 e. The fourth-order valence-corrected chi connectivity index (χ4v) is 4.64. The van der Waals surface area contributed by atoms with Gasteiger partial charge in [-0.15, -0.1) is 24.0 Å². The number of benzene rings is 2. The summed E-state index contributed by atoms with van der Waals surface area (Å²) < 4.78 is 5.55. The van der Waals surface area contributed by atoms with E-state index in [2.05, 4.69) is 67.5 Å². The molecule has 2 saturated heterocycles. The van der Waals surface area contributed by atoms with Crippen molar-refractivity contribution in [2.24, 2.45) is 10.9 Å². The van der Waals surface area contributed by atoms with Crippen LogP contribution < -0.4 is 15.0 Å². The molecule has 6 nitrogen and oxygen atoms in total. The van der Waals surface area contributed by atoms with E-state index in [0.29, 0.717) is 5.92 Å². The molecule has 2 aromatic rings. The lowest BCUT2D eigenvalue weighted by Crippen LogP contribution is -2.52. The van der Waals surface area contributed by atoms with E-state index in [9.17, 15) is 0 Å². The Labute approximate surface area is 209 Å². The first-order chi connectivity index (χ1) is 15.3. The number of rotatable bonds is 6. The lowest BCUT2D eigenvalue weighted by atomic mass is 10.1. The Morgan fingerprint density at radius 2 is 1.72 bits per heavy atom. The van der Waals surface area contributed by atoms with E-state index < -0.39 is 0 Å². The zero-order valence-corrected chi connectivity index (χ0v) is 21.6. The van der Waals surface area contributed by atoms with E-state index in [-0.39, 0.29) is 24.0 Å². The van der Waals surface area contributed by atoms with Crippen molar-refractivity contribution < 1.29 is 4.74 Å². The molecule has 4 rings (SSSR count). The molecule has 32 heavy (non-hydrogen) atoms. The Morgan fingerprint density at radius 3 is 2.44 bits per heavy atom. The summed E-state index contributed by atoms with van der Waals surface area (Å²) in [5, 5.41) is 3.65. The number of nitrogens with one attached hydrogen (secondary N) is 1. The summed E-state index contributed by atoms with van der Waals surface area (Å²) in [6, 6.07) is 19.1. The van der Waals surface area contributed by atoms with Gasteiger partial charge in [0.2, 0.25) is 0 Å². The molecule has 0 amide bonds. The van der Waals surface area contributed by atoms with Crippen molar-refractivity contribution in [1.82, 2.24) is 15.1 Å². The number of hydrogen-bond acceptors (Lipinski definition) is 4. The molecule has 2 aliphatic heterocycles. The van der Waals surface area contributed by atoms with Gasteiger partial charge < -0.3 is 19.9 Å². The first-order valence-electron chi connectivity index (χ1n) is 11.4. The molecule has 1 unspecified atom stereocenters. The Kier molecular flexibility index (Phi) is 9.47. The van der Waals surface area contributed by atoms with Gasteiger partial charge in [0.05, 0.1) is 12.8 Å². The summed E-state index contributed by atoms with van der Waals surface area (Å²) in [6.45, 7) is 8.29. The molecule has 7 heteroatoms. The third-order valence-electron chi connectivity index (χ3n) is 6.39. The molecule has 0 saturated carbocycles. The monoisotopic (exact) mass is 549 g/mol. The van der Waals surface area contributed by atoms with E-state index >= 15 is 0 Å².